The first-order valence-electron chi connectivity index (χ1n) is 14.4. The topological polar surface area (TPSA) is 205 Å². The summed E-state index contributed by atoms with van der Waals surface area (Å²) in [5, 5.41) is 37.9. The predicted molar refractivity (Wildman–Crippen MR) is 173 cm³/mol. The maximum Gasteiger partial charge on any atom is 0.335 e. The Hall–Kier alpha value is -5.52. The van der Waals surface area contributed by atoms with Crippen LogP contribution in [0.1, 0.15) is 79.8 Å². The number of hydrogen-bond donors (Lipinski definition) is 5. The van der Waals surface area contributed by atoms with E-state index in [2.05, 4.69) is 5.32 Å². The van der Waals surface area contributed by atoms with Crippen LogP contribution in [0, 0.1) is 11.3 Å². The molecule has 5 N–H and O–H groups in total. The molecule has 3 rings (SSSR count). The van der Waals surface area contributed by atoms with Crippen molar-refractivity contribution in [2.75, 3.05) is 7.11 Å². The van der Waals surface area contributed by atoms with Gasteiger partial charge in [0.05, 0.1) is 37.1 Å². The molecule has 0 saturated heterocycles. The fourth-order valence-electron chi connectivity index (χ4n) is 3.78. The van der Waals surface area contributed by atoms with Crippen molar-refractivity contribution in [2.24, 2.45) is 11.3 Å². The molecule has 0 bridgehead atoms. The minimum atomic E-state index is -1.14. The number of hydrogen-bond acceptors (Lipinski definition) is 7. The second-order valence-corrected chi connectivity index (χ2v) is 11.4. The number of nitrogens with one attached hydrogen (secondary N) is 1. The number of carboxylic acids is 4. The maximum atomic E-state index is 11.7. The average Bonchev–Trinajstić information content (AvgIpc) is 3.00. The first-order chi connectivity index (χ1) is 21.9. The number of aliphatic carboxylic acids is 2. The lowest BCUT2D eigenvalue weighted by atomic mass is 9.85. The average molecular weight is 652 g/mol. The first-order valence-corrected chi connectivity index (χ1v) is 14.4. The summed E-state index contributed by atoms with van der Waals surface area (Å²) in [7, 11) is 1.56. The van der Waals surface area contributed by atoms with Gasteiger partial charge < -0.3 is 30.5 Å². The third-order valence-corrected chi connectivity index (χ3v) is 6.82. The van der Waals surface area contributed by atoms with E-state index >= 15 is 0 Å². The molecule has 0 aliphatic carbocycles. The number of carbonyl (C=O) groups is 6. The highest BCUT2D eigenvalue weighted by Gasteiger charge is 2.26. The normalized spacial score (nSPS) is 11.0. The number of aromatic carboxylic acids is 2. The molecule has 0 saturated carbocycles. The van der Waals surface area contributed by atoms with E-state index in [1.807, 2.05) is 18.2 Å². The monoisotopic (exact) mass is 651 g/mol. The smallest absolute Gasteiger partial charge is 0.335 e. The summed E-state index contributed by atoms with van der Waals surface area (Å²) < 4.78 is 5.05. The van der Waals surface area contributed by atoms with Crippen LogP contribution in [0.4, 0.5) is 0 Å². The number of ketones is 1. The van der Waals surface area contributed by atoms with Gasteiger partial charge in [-0.15, -0.1) is 0 Å². The first kappa shape index (κ1) is 39.5. The third kappa shape index (κ3) is 14.0. The Bertz CT molecular complexity index is 1510. The van der Waals surface area contributed by atoms with E-state index in [1.54, 1.807) is 71.2 Å². The van der Waals surface area contributed by atoms with Gasteiger partial charge in [0, 0.05) is 11.3 Å². The highest BCUT2D eigenvalue weighted by Crippen LogP contribution is 2.23. The van der Waals surface area contributed by atoms with Crippen LogP contribution in [-0.2, 0) is 19.2 Å². The van der Waals surface area contributed by atoms with Crippen molar-refractivity contribution in [3.8, 4) is 16.9 Å². The van der Waals surface area contributed by atoms with Crippen LogP contribution in [0.25, 0.3) is 11.1 Å². The summed E-state index contributed by atoms with van der Waals surface area (Å²) >= 11 is 0. The molecule has 1 amide bonds. The molecule has 0 spiro atoms. The molecule has 12 heteroatoms. The largest absolute Gasteiger partial charge is 0.497 e. The second-order valence-electron chi connectivity index (χ2n) is 11.4. The molecular formula is C35H41NO11. The zero-order valence-electron chi connectivity index (χ0n) is 27.1. The van der Waals surface area contributed by atoms with Gasteiger partial charge in [0.15, 0.2) is 0 Å². The summed E-state index contributed by atoms with van der Waals surface area (Å²) in [6.07, 6.45) is -0.243. The van der Waals surface area contributed by atoms with Crippen molar-refractivity contribution in [3.63, 3.8) is 0 Å². The molecule has 1 unspecified atom stereocenters. The predicted octanol–water partition coefficient (Wildman–Crippen LogP) is 5.81. The number of carboxylic acid groups (broad SMARTS) is 4. The van der Waals surface area contributed by atoms with Crippen molar-refractivity contribution in [1.82, 2.24) is 5.32 Å². The van der Waals surface area contributed by atoms with Crippen molar-refractivity contribution >= 4 is 35.6 Å². The van der Waals surface area contributed by atoms with Crippen LogP contribution in [0.2, 0.25) is 0 Å². The Morgan fingerprint density at radius 1 is 0.745 bits per heavy atom. The molecule has 3 aromatic rings. The van der Waals surface area contributed by atoms with Gasteiger partial charge in [-0.2, -0.15) is 0 Å². The van der Waals surface area contributed by atoms with Crippen LogP contribution in [0.5, 0.6) is 5.75 Å². The van der Waals surface area contributed by atoms with E-state index in [0.717, 1.165) is 17.2 Å². The lowest BCUT2D eigenvalue weighted by Gasteiger charge is -2.19. The molecule has 252 valence electrons. The van der Waals surface area contributed by atoms with E-state index in [4.69, 9.17) is 25.2 Å². The van der Waals surface area contributed by atoms with Crippen molar-refractivity contribution in [3.05, 3.63) is 89.5 Å². The molecule has 0 aromatic heterocycles. The van der Waals surface area contributed by atoms with Crippen molar-refractivity contribution < 1.29 is 53.9 Å². The van der Waals surface area contributed by atoms with Crippen LogP contribution >= 0.6 is 0 Å². The highest BCUT2D eigenvalue weighted by atomic mass is 16.5. The number of ether oxygens (including phenoxy) is 1. The van der Waals surface area contributed by atoms with Crippen molar-refractivity contribution in [1.29, 1.82) is 0 Å². The second kappa shape index (κ2) is 18.4. The van der Waals surface area contributed by atoms with E-state index in [9.17, 15) is 28.8 Å². The number of benzene rings is 3. The minimum absolute atomic E-state index is 0.0336. The Labute approximate surface area is 273 Å². The van der Waals surface area contributed by atoms with Crippen LogP contribution in [0.3, 0.4) is 0 Å². The van der Waals surface area contributed by atoms with Gasteiger partial charge >= 0.3 is 23.9 Å². The summed E-state index contributed by atoms with van der Waals surface area (Å²) in [6, 6.07) is 19.6. The number of Topliss-reactive ketones (excluding diaryl/α,β-unsaturated/α-hetero) is 1. The Balaban J connectivity index is 0.000000371. The molecule has 0 heterocycles. The summed E-state index contributed by atoms with van der Waals surface area (Å²) in [4.78, 5) is 65.4. The zero-order valence-corrected chi connectivity index (χ0v) is 27.1. The molecule has 1 atom stereocenters. The van der Waals surface area contributed by atoms with Gasteiger partial charge in [-0.3, -0.25) is 19.2 Å². The summed E-state index contributed by atoms with van der Waals surface area (Å²) in [6.45, 7) is 8.19. The standard InChI is InChI=1S/C14H19NO4.C14H10O4.C7H12O3/c1-9(2)14(18)15-12(8-13(16)17)10-4-6-11(19-3)7-5-10;15-13(16)11-6-10(7-12(8-11)14(17)18)9-4-2-1-3-5-9;1-5(8)7(2,3)4-6(9)10/h4-7,9,12H,8H2,1-3H3,(H,15,18)(H,16,17);1-8H,(H,15,16)(H,17,18);4H2,1-3H3,(H,9,10). The maximum absolute atomic E-state index is 11.7. The van der Waals surface area contributed by atoms with E-state index in [-0.39, 0.29) is 41.6 Å². The van der Waals surface area contributed by atoms with Crippen LogP contribution < -0.4 is 10.1 Å². The number of carbonyl (C=O) groups excluding carboxylic acids is 2. The van der Waals surface area contributed by atoms with Crippen LogP contribution in [-0.4, -0.2) is 63.1 Å². The molecule has 3 aromatic carbocycles. The number of methoxy groups -OCH3 is 1. The molecule has 47 heavy (non-hydrogen) atoms. The van der Waals surface area contributed by atoms with Crippen LogP contribution in [0.15, 0.2) is 72.8 Å². The summed E-state index contributed by atoms with van der Waals surface area (Å²) in [5.74, 6) is -3.92. The zero-order chi connectivity index (χ0) is 35.9. The SMILES string of the molecule is CC(=O)C(C)(C)CC(=O)O.COc1ccc(C(CC(=O)O)NC(=O)C(C)C)cc1.O=C(O)c1cc(C(=O)O)cc(-c2ccccc2)c1. The Morgan fingerprint density at radius 2 is 1.26 bits per heavy atom. The fraction of sp³-hybridized carbons (Fsp3) is 0.314. The molecule has 12 nitrogen and oxygen atoms in total. The lowest BCUT2D eigenvalue weighted by Crippen LogP contribution is -2.33. The van der Waals surface area contributed by atoms with E-state index in [1.165, 1.54) is 19.1 Å². The van der Waals surface area contributed by atoms with Gasteiger partial charge in [0.1, 0.15) is 11.5 Å². The lowest BCUT2D eigenvalue weighted by molar-refractivity contribution is -0.143. The van der Waals surface area contributed by atoms with Gasteiger partial charge in [0.2, 0.25) is 5.91 Å². The minimum Gasteiger partial charge on any atom is -0.497 e. The van der Waals surface area contributed by atoms with Gasteiger partial charge in [0.25, 0.3) is 0 Å². The number of rotatable bonds is 12. The molecule has 0 aliphatic rings. The van der Waals surface area contributed by atoms with Gasteiger partial charge in [-0.25, -0.2) is 9.59 Å². The van der Waals surface area contributed by atoms with E-state index in [0.29, 0.717) is 11.3 Å². The fourth-order valence-corrected chi connectivity index (χ4v) is 3.78. The molecular weight excluding hydrogens is 610 g/mol. The third-order valence-electron chi connectivity index (χ3n) is 6.82. The summed E-state index contributed by atoms with van der Waals surface area (Å²) in [5.41, 5.74) is 1.32. The molecule has 0 aliphatic heterocycles. The quantitative estimate of drug-likeness (QED) is 0.158. The molecule has 0 fully saturated rings. The number of amides is 1. The van der Waals surface area contributed by atoms with Gasteiger partial charge in [-0.05, 0) is 53.9 Å². The van der Waals surface area contributed by atoms with Crippen molar-refractivity contribution in [2.45, 2.75) is 53.5 Å². The van der Waals surface area contributed by atoms with E-state index < -0.39 is 35.3 Å². The molecule has 0 radical (unpaired) electrons. The Morgan fingerprint density at radius 3 is 1.62 bits per heavy atom. The van der Waals surface area contributed by atoms with Gasteiger partial charge in [-0.1, -0.05) is 70.2 Å². The Kier molecular flexibility index (Phi) is 15.5. The highest BCUT2D eigenvalue weighted by molar-refractivity contribution is 5.96.